The molecule has 12 amide bonds. The second-order valence-corrected chi connectivity index (χ2v) is 23.8. The van der Waals surface area contributed by atoms with Gasteiger partial charge in [-0.25, -0.2) is 0 Å². The lowest BCUT2D eigenvalue weighted by Crippen LogP contribution is -2.62. The van der Waals surface area contributed by atoms with Gasteiger partial charge in [0.1, 0.15) is 66.2 Å². The van der Waals surface area contributed by atoms with Crippen molar-refractivity contribution in [3.63, 3.8) is 0 Å². The maximum Gasteiger partial charge on any atom is 0.246 e. The number of primary amides is 2. The molecule has 488 valence electrons. The number of nitrogens with zero attached hydrogens (tertiary/aromatic N) is 1. The van der Waals surface area contributed by atoms with E-state index in [9.17, 15) is 57.8 Å². The lowest BCUT2D eigenvalue weighted by Gasteiger charge is -2.32. The van der Waals surface area contributed by atoms with Crippen LogP contribution in [-0.4, -0.2) is 154 Å². The number of carbonyl (C=O) groups excluding carboxylic acids is 12. The predicted molar refractivity (Wildman–Crippen MR) is 335 cm³/mol. The monoisotopic (exact) mass is 1260 g/mol. The normalized spacial score (nSPS) is 24.1. The number of rotatable bonds is 18. The van der Waals surface area contributed by atoms with Crippen molar-refractivity contribution in [3.05, 3.63) is 138 Å². The van der Waals surface area contributed by atoms with Crippen molar-refractivity contribution in [2.75, 3.05) is 13.1 Å². The molecule has 2 aliphatic rings. The van der Waals surface area contributed by atoms with E-state index in [4.69, 9.17) is 17.2 Å². The van der Waals surface area contributed by atoms with Crippen LogP contribution in [0, 0.1) is 11.8 Å². The summed E-state index contributed by atoms with van der Waals surface area (Å²) in [5, 5.41) is 34.0. The van der Waals surface area contributed by atoms with Crippen LogP contribution in [0.5, 0.6) is 5.75 Å². The fraction of sp³-hybridized carbons (Fsp3) is 0.446. The van der Waals surface area contributed by atoms with E-state index in [0.29, 0.717) is 28.7 Å². The Morgan fingerprint density at radius 3 is 1.26 bits per heavy atom. The molecule has 4 aromatic rings. The molecule has 0 radical (unpaired) electrons. The lowest BCUT2D eigenvalue weighted by molar-refractivity contribution is -0.142. The molecule has 0 aliphatic carbocycles. The highest BCUT2D eigenvalue weighted by atomic mass is 16.3. The first kappa shape index (κ1) is 70.4. The number of phenols is 1. The van der Waals surface area contributed by atoms with E-state index >= 15 is 4.79 Å². The molecular formula is C65H85N13O13. The number of hydrogen-bond acceptors (Lipinski definition) is 14. The predicted octanol–water partition coefficient (Wildman–Crippen LogP) is -0.778. The van der Waals surface area contributed by atoms with E-state index in [2.05, 4.69) is 47.9 Å². The average molecular weight is 1260 g/mol. The van der Waals surface area contributed by atoms with E-state index in [1.54, 1.807) is 105 Å². The van der Waals surface area contributed by atoms with Crippen LogP contribution in [0.25, 0.3) is 0 Å². The fourth-order valence-corrected chi connectivity index (χ4v) is 10.8. The quantitative estimate of drug-likeness (QED) is 0.0582. The molecule has 2 heterocycles. The third-order valence-electron chi connectivity index (χ3n) is 15.6. The number of benzene rings is 4. The summed E-state index contributed by atoms with van der Waals surface area (Å²) in [6.07, 6.45) is -1.75. The molecular weight excluding hydrogens is 1170 g/mol. The van der Waals surface area contributed by atoms with E-state index < -0.39 is 150 Å². The standard InChI is InChI=1S/C65H85N13O13/c1-37(2)30-45-57(83)76-51(34-41-20-12-7-13-21-41)65(91)78-29-15-23-52(78)63(89)75-47(32-40-18-10-6-11-19-40)59(85)71-46(31-39-16-8-5-9-17-39)58(84)73-50(36-54(68)81)61(87)74-49(35-53(67)80)60(86)72-48(33-42-24-26-43(79)27-25-42)62(88)77-55(38(3)4)64(90)69-44(22-14-28-66)56(82)70-45/h5-13,16-21,24-27,37-38,44-52,55,79H,14-15,22-23,28-36,66H2,1-4H3,(H2,67,80)(H2,68,81)(H,69,90)(H,70,82)(H,71,85)(H,72,86)(H,73,84)(H,74,87)(H,75,89)(H,76,83)(H,77,88)/t44-,45-,46+,47-,48-,49-,50-,51+,52-,55-/m0/s1. The highest BCUT2D eigenvalue weighted by Crippen LogP contribution is 2.22. The molecule has 26 heteroatoms. The zero-order valence-corrected chi connectivity index (χ0v) is 51.6. The van der Waals surface area contributed by atoms with Crippen molar-refractivity contribution in [1.29, 1.82) is 0 Å². The van der Waals surface area contributed by atoms with Gasteiger partial charge in [0.15, 0.2) is 0 Å². The van der Waals surface area contributed by atoms with Gasteiger partial charge in [0, 0.05) is 32.2 Å². The van der Waals surface area contributed by atoms with Crippen molar-refractivity contribution < 1.29 is 62.6 Å². The van der Waals surface area contributed by atoms with Crippen molar-refractivity contribution in [3.8, 4) is 5.75 Å². The van der Waals surface area contributed by atoms with Crippen molar-refractivity contribution >= 4 is 70.9 Å². The molecule has 0 unspecified atom stereocenters. The van der Waals surface area contributed by atoms with Crippen LogP contribution in [0.3, 0.4) is 0 Å². The van der Waals surface area contributed by atoms with Crippen LogP contribution >= 0.6 is 0 Å². The average Bonchev–Trinajstić information content (AvgIpc) is 2.22. The number of carbonyl (C=O) groups is 12. The van der Waals surface area contributed by atoms with Gasteiger partial charge < -0.3 is 75.1 Å². The van der Waals surface area contributed by atoms with E-state index in [-0.39, 0.29) is 76.1 Å². The van der Waals surface area contributed by atoms with Gasteiger partial charge in [-0.3, -0.25) is 57.5 Å². The van der Waals surface area contributed by atoms with Gasteiger partial charge >= 0.3 is 0 Å². The summed E-state index contributed by atoms with van der Waals surface area (Å²) < 4.78 is 0. The van der Waals surface area contributed by atoms with Gasteiger partial charge in [-0.15, -0.1) is 0 Å². The number of amides is 12. The molecule has 2 fully saturated rings. The van der Waals surface area contributed by atoms with Gasteiger partial charge in [0.25, 0.3) is 0 Å². The topological polar surface area (TPSA) is 415 Å². The minimum atomic E-state index is -1.90. The molecule has 0 bridgehead atoms. The Labute approximate surface area is 528 Å². The van der Waals surface area contributed by atoms with Gasteiger partial charge in [0.05, 0.1) is 12.8 Å². The molecule has 6 rings (SSSR count). The summed E-state index contributed by atoms with van der Waals surface area (Å²) in [5.74, 6) is -12.3. The van der Waals surface area contributed by atoms with Crippen LogP contribution in [0.15, 0.2) is 115 Å². The Morgan fingerprint density at radius 1 is 0.462 bits per heavy atom. The number of hydrogen-bond donors (Lipinski definition) is 13. The highest BCUT2D eigenvalue weighted by Gasteiger charge is 2.42. The molecule has 10 atom stereocenters. The Hall–Kier alpha value is -9.72. The Bertz CT molecular complexity index is 3190. The summed E-state index contributed by atoms with van der Waals surface area (Å²) in [7, 11) is 0. The smallest absolute Gasteiger partial charge is 0.246 e. The molecule has 91 heavy (non-hydrogen) atoms. The van der Waals surface area contributed by atoms with Crippen LogP contribution in [0.2, 0.25) is 0 Å². The molecule has 0 spiro atoms. The fourth-order valence-electron chi connectivity index (χ4n) is 10.8. The van der Waals surface area contributed by atoms with Crippen LogP contribution < -0.4 is 65.1 Å². The third kappa shape index (κ3) is 21.8. The maximum absolute atomic E-state index is 15.1. The number of aromatic hydroxyl groups is 1. The Balaban J connectivity index is 1.46. The SMILES string of the molecule is CC(C)C[C@@H]1NC(=O)[C@H](CCCN)NC(=O)[C@H](C(C)C)NC(=O)[C@H](Cc2ccc(O)cc2)NC(=O)[C@H](CC(N)=O)NC(=O)[C@H](CC(N)=O)NC(=O)[C@@H](Cc2ccccc2)NC(=O)[C@H](Cc2ccccc2)NC(=O)[C@@H]2CCCN2C(=O)[C@@H](Cc2ccccc2)NC1=O. The summed E-state index contributed by atoms with van der Waals surface area (Å²) in [6, 6.07) is 16.5. The number of nitrogens with two attached hydrogens (primary N) is 3. The molecule has 4 aromatic carbocycles. The molecule has 0 saturated carbocycles. The van der Waals surface area contributed by atoms with Gasteiger partial charge in [-0.1, -0.05) is 131 Å². The lowest BCUT2D eigenvalue weighted by atomic mass is 9.99. The van der Waals surface area contributed by atoms with Crippen LogP contribution in [0.4, 0.5) is 0 Å². The number of phenolic OH excluding ortho intramolecular Hbond substituents is 1. The first-order valence-electron chi connectivity index (χ1n) is 30.6. The van der Waals surface area contributed by atoms with Crippen LogP contribution in [-0.2, 0) is 83.2 Å². The largest absolute Gasteiger partial charge is 0.508 e. The molecule has 16 N–H and O–H groups in total. The van der Waals surface area contributed by atoms with Crippen molar-refractivity contribution in [1.82, 2.24) is 52.8 Å². The summed E-state index contributed by atoms with van der Waals surface area (Å²) in [5.41, 5.74) is 19.3. The zero-order valence-electron chi connectivity index (χ0n) is 51.6. The first-order chi connectivity index (χ1) is 43.4. The number of fused-ring (bicyclic) bond motifs is 1. The van der Waals surface area contributed by atoms with E-state index in [0.717, 1.165) is 0 Å². The first-order valence-corrected chi connectivity index (χ1v) is 30.6. The number of nitrogens with one attached hydrogen (secondary N) is 9. The van der Waals surface area contributed by atoms with E-state index in [1.165, 1.54) is 29.2 Å². The third-order valence-corrected chi connectivity index (χ3v) is 15.6. The van der Waals surface area contributed by atoms with E-state index in [1.807, 2.05) is 13.8 Å². The van der Waals surface area contributed by atoms with Crippen LogP contribution in [0.1, 0.15) is 94.9 Å². The van der Waals surface area contributed by atoms with Gasteiger partial charge in [-0.2, -0.15) is 0 Å². The second kappa shape index (κ2) is 34.3. The molecule has 2 saturated heterocycles. The summed E-state index contributed by atoms with van der Waals surface area (Å²) >= 11 is 0. The Kier molecular flexibility index (Phi) is 26.5. The summed E-state index contributed by atoms with van der Waals surface area (Å²) in [4.78, 5) is 174. The van der Waals surface area contributed by atoms with Crippen molar-refractivity contribution in [2.24, 2.45) is 29.0 Å². The maximum atomic E-state index is 15.1. The second-order valence-electron chi connectivity index (χ2n) is 23.8. The molecule has 26 nitrogen and oxygen atoms in total. The minimum Gasteiger partial charge on any atom is -0.508 e. The minimum absolute atomic E-state index is 0.0327. The molecule has 2 aliphatic heterocycles. The van der Waals surface area contributed by atoms with Gasteiger partial charge in [0.2, 0.25) is 70.9 Å². The van der Waals surface area contributed by atoms with Crippen molar-refractivity contribution in [2.45, 2.75) is 159 Å². The highest BCUT2D eigenvalue weighted by molar-refractivity contribution is 6.01. The zero-order chi connectivity index (χ0) is 66.3. The Morgan fingerprint density at radius 2 is 0.824 bits per heavy atom. The molecule has 0 aromatic heterocycles. The van der Waals surface area contributed by atoms with Gasteiger partial charge in [-0.05, 0) is 84.9 Å². The summed E-state index contributed by atoms with van der Waals surface area (Å²) in [6.45, 7) is 7.01.